The van der Waals surface area contributed by atoms with Crippen LogP contribution in [0.15, 0.2) is 41.1 Å². The van der Waals surface area contributed by atoms with Gasteiger partial charge in [-0.1, -0.05) is 17.3 Å². The van der Waals surface area contributed by atoms with Gasteiger partial charge in [-0.25, -0.2) is 0 Å². The molecule has 1 atom stereocenters. The van der Waals surface area contributed by atoms with Gasteiger partial charge in [0.2, 0.25) is 0 Å². The molecular weight excluding hydrogens is 336 g/mol. The average molecular weight is 360 g/mol. The molecule has 0 bridgehead atoms. The number of rotatable bonds is 8. The van der Waals surface area contributed by atoms with Gasteiger partial charge in [0.25, 0.3) is 5.91 Å². The number of methoxy groups -OCH3 is 1. The predicted molar refractivity (Wildman–Crippen MR) is 93.7 cm³/mol. The van der Waals surface area contributed by atoms with E-state index in [4.69, 9.17) is 18.7 Å². The van der Waals surface area contributed by atoms with Crippen LogP contribution in [0.1, 0.15) is 35.3 Å². The molecule has 1 aromatic heterocycles. The van der Waals surface area contributed by atoms with E-state index in [0.717, 1.165) is 43.8 Å². The van der Waals surface area contributed by atoms with Gasteiger partial charge in [0.15, 0.2) is 5.69 Å². The van der Waals surface area contributed by atoms with Crippen molar-refractivity contribution in [1.29, 1.82) is 0 Å². The average Bonchev–Trinajstić information content (AvgIpc) is 3.22. The van der Waals surface area contributed by atoms with Crippen LogP contribution in [0, 0.1) is 5.92 Å². The Labute approximate surface area is 152 Å². The van der Waals surface area contributed by atoms with Crippen molar-refractivity contribution < 1.29 is 23.5 Å². The second kappa shape index (κ2) is 9.35. The largest absolute Gasteiger partial charge is 0.497 e. The molecule has 1 amide bonds. The van der Waals surface area contributed by atoms with Crippen LogP contribution in [0.4, 0.5) is 0 Å². The minimum atomic E-state index is -0.409. The molecule has 0 saturated carbocycles. The Morgan fingerprint density at radius 3 is 2.92 bits per heavy atom. The molecule has 1 unspecified atom stereocenters. The van der Waals surface area contributed by atoms with E-state index in [1.165, 1.54) is 12.3 Å². The van der Waals surface area contributed by atoms with E-state index in [9.17, 15) is 4.79 Å². The Morgan fingerprint density at radius 2 is 2.19 bits per heavy atom. The number of carbonyl (C=O) groups excluding carboxylic acids is 1. The summed E-state index contributed by atoms with van der Waals surface area (Å²) in [6, 6.07) is 9.22. The monoisotopic (exact) mass is 360 g/mol. The van der Waals surface area contributed by atoms with Gasteiger partial charge < -0.3 is 24.1 Å². The van der Waals surface area contributed by atoms with E-state index in [-0.39, 0.29) is 11.6 Å². The van der Waals surface area contributed by atoms with Gasteiger partial charge in [0, 0.05) is 19.3 Å². The molecule has 7 heteroatoms. The Balaban J connectivity index is 1.61. The first-order valence-corrected chi connectivity index (χ1v) is 8.78. The molecule has 7 nitrogen and oxygen atoms in total. The molecule has 1 N–H and O–H groups in total. The molecule has 1 aliphatic rings. The minimum absolute atomic E-state index is 0.243. The highest BCUT2D eigenvalue weighted by Crippen LogP contribution is 2.22. The number of amides is 1. The highest BCUT2D eigenvalue weighted by atomic mass is 16.5. The summed E-state index contributed by atoms with van der Waals surface area (Å²) in [6.45, 7) is 1.89. The first-order valence-electron chi connectivity index (χ1n) is 8.78. The molecule has 3 rings (SSSR count). The smallest absolute Gasteiger partial charge is 0.275 e. The standard InChI is InChI=1S/C19H24N2O5/c1-23-16-4-2-3-15(11-16)13-25-18(12-14-5-8-24-9-6-14)20-19(22)17-7-10-26-21-17/h2-4,7,10-11,14,18H,5-6,8-9,12-13H2,1H3,(H,20,22). The topological polar surface area (TPSA) is 82.8 Å². The van der Waals surface area contributed by atoms with Crippen molar-refractivity contribution in [2.24, 2.45) is 5.92 Å². The summed E-state index contributed by atoms with van der Waals surface area (Å²) in [7, 11) is 1.63. The maximum atomic E-state index is 12.3. The van der Waals surface area contributed by atoms with Crippen LogP contribution in [0.25, 0.3) is 0 Å². The SMILES string of the molecule is COc1cccc(COC(CC2CCOCC2)NC(=O)c2ccon2)c1. The summed E-state index contributed by atoms with van der Waals surface area (Å²) in [4.78, 5) is 12.3. The summed E-state index contributed by atoms with van der Waals surface area (Å²) >= 11 is 0. The Kier molecular flexibility index (Phi) is 6.62. The molecule has 1 aromatic carbocycles. The Morgan fingerprint density at radius 1 is 1.35 bits per heavy atom. The van der Waals surface area contributed by atoms with Gasteiger partial charge in [-0.15, -0.1) is 0 Å². The first-order chi connectivity index (χ1) is 12.7. The molecule has 1 saturated heterocycles. The summed E-state index contributed by atoms with van der Waals surface area (Å²) in [6.07, 6.45) is 3.64. The lowest BCUT2D eigenvalue weighted by atomic mass is 9.95. The van der Waals surface area contributed by atoms with Crippen LogP contribution >= 0.6 is 0 Å². The quantitative estimate of drug-likeness (QED) is 0.729. The zero-order chi connectivity index (χ0) is 18.2. The minimum Gasteiger partial charge on any atom is -0.497 e. The van der Waals surface area contributed by atoms with Crippen LogP contribution in [0.3, 0.4) is 0 Å². The van der Waals surface area contributed by atoms with E-state index < -0.39 is 6.23 Å². The number of nitrogens with zero attached hydrogens (tertiary/aromatic N) is 1. The molecule has 0 radical (unpaired) electrons. The van der Waals surface area contributed by atoms with Crippen LogP contribution < -0.4 is 10.1 Å². The molecule has 2 heterocycles. The second-order valence-corrected chi connectivity index (χ2v) is 6.30. The van der Waals surface area contributed by atoms with Gasteiger partial charge in [0.05, 0.1) is 13.7 Å². The van der Waals surface area contributed by atoms with Gasteiger partial charge >= 0.3 is 0 Å². The summed E-state index contributed by atoms with van der Waals surface area (Å²) in [5.74, 6) is 0.928. The number of carbonyl (C=O) groups is 1. The molecule has 1 aliphatic heterocycles. The van der Waals surface area contributed by atoms with Gasteiger partial charge in [-0.2, -0.15) is 0 Å². The molecule has 140 valence electrons. The number of hydrogen-bond donors (Lipinski definition) is 1. The van der Waals surface area contributed by atoms with Crippen LogP contribution in [0.5, 0.6) is 5.75 Å². The highest BCUT2D eigenvalue weighted by molar-refractivity contribution is 5.92. The lowest BCUT2D eigenvalue weighted by Crippen LogP contribution is -2.39. The van der Waals surface area contributed by atoms with E-state index in [1.54, 1.807) is 7.11 Å². The summed E-state index contributed by atoms with van der Waals surface area (Å²) in [5.41, 5.74) is 1.23. The number of hydrogen-bond acceptors (Lipinski definition) is 6. The van der Waals surface area contributed by atoms with Crippen molar-refractivity contribution in [3.05, 3.63) is 47.9 Å². The molecular formula is C19H24N2O5. The third-order valence-corrected chi connectivity index (χ3v) is 4.44. The number of ether oxygens (including phenoxy) is 3. The van der Waals surface area contributed by atoms with E-state index in [1.807, 2.05) is 24.3 Å². The second-order valence-electron chi connectivity index (χ2n) is 6.30. The molecule has 26 heavy (non-hydrogen) atoms. The van der Waals surface area contributed by atoms with Crippen LogP contribution in [-0.4, -0.2) is 37.6 Å². The van der Waals surface area contributed by atoms with Crippen molar-refractivity contribution in [2.75, 3.05) is 20.3 Å². The Bertz CT molecular complexity index is 683. The van der Waals surface area contributed by atoms with Crippen molar-refractivity contribution in [3.63, 3.8) is 0 Å². The first kappa shape index (κ1) is 18.4. The Hall–Kier alpha value is -2.38. The van der Waals surface area contributed by atoms with E-state index >= 15 is 0 Å². The summed E-state index contributed by atoms with van der Waals surface area (Å²) in [5, 5.41) is 6.59. The highest BCUT2D eigenvalue weighted by Gasteiger charge is 2.22. The molecule has 1 fully saturated rings. The zero-order valence-corrected chi connectivity index (χ0v) is 14.8. The normalized spacial score (nSPS) is 16.2. The lowest BCUT2D eigenvalue weighted by molar-refractivity contribution is -0.0132. The van der Waals surface area contributed by atoms with Crippen molar-refractivity contribution >= 4 is 5.91 Å². The van der Waals surface area contributed by atoms with Gasteiger partial charge in [-0.05, 0) is 42.9 Å². The van der Waals surface area contributed by atoms with Gasteiger partial charge in [0.1, 0.15) is 18.2 Å². The fourth-order valence-corrected chi connectivity index (χ4v) is 2.96. The van der Waals surface area contributed by atoms with Crippen LogP contribution in [0.2, 0.25) is 0 Å². The van der Waals surface area contributed by atoms with Crippen LogP contribution in [-0.2, 0) is 16.1 Å². The fraction of sp³-hybridized carbons (Fsp3) is 0.474. The van der Waals surface area contributed by atoms with Gasteiger partial charge in [-0.3, -0.25) is 4.79 Å². The van der Waals surface area contributed by atoms with Crippen molar-refractivity contribution in [2.45, 2.75) is 32.1 Å². The van der Waals surface area contributed by atoms with E-state index in [2.05, 4.69) is 10.5 Å². The molecule has 0 aliphatic carbocycles. The van der Waals surface area contributed by atoms with E-state index in [0.29, 0.717) is 12.5 Å². The number of aromatic nitrogens is 1. The predicted octanol–water partition coefficient (Wildman–Crippen LogP) is 2.77. The third-order valence-electron chi connectivity index (χ3n) is 4.44. The zero-order valence-electron chi connectivity index (χ0n) is 14.8. The van der Waals surface area contributed by atoms with Crippen molar-refractivity contribution in [3.8, 4) is 5.75 Å². The van der Waals surface area contributed by atoms with Crippen molar-refractivity contribution in [1.82, 2.24) is 10.5 Å². The lowest BCUT2D eigenvalue weighted by Gasteiger charge is -2.27. The maximum Gasteiger partial charge on any atom is 0.275 e. The third kappa shape index (κ3) is 5.31. The fourth-order valence-electron chi connectivity index (χ4n) is 2.96. The number of benzene rings is 1. The molecule has 0 spiro atoms. The maximum absolute atomic E-state index is 12.3. The number of nitrogens with one attached hydrogen (secondary N) is 1. The molecule has 2 aromatic rings. The summed E-state index contributed by atoms with van der Waals surface area (Å²) < 4.78 is 21.4.